The van der Waals surface area contributed by atoms with Gasteiger partial charge in [-0.25, -0.2) is 4.68 Å². The lowest BCUT2D eigenvalue weighted by molar-refractivity contribution is -0.132. The van der Waals surface area contributed by atoms with Crippen LogP contribution in [0.15, 0.2) is 65.6 Å². The molecule has 1 heterocycles. The quantitative estimate of drug-likeness (QED) is 0.742. The molecule has 0 saturated heterocycles. The Bertz CT molecular complexity index is 919. The number of nitrogens with zero attached hydrogens (tertiary/aromatic N) is 3. The zero-order chi connectivity index (χ0) is 17.1. The van der Waals surface area contributed by atoms with E-state index in [9.17, 15) is 9.59 Å². The molecule has 0 fully saturated rings. The average molecular weight is 321 g/mol. The molecule has 3 rings (SSSR count). The third kappa shape index (κ3) is 3.06. The summed E-state index contributed by atoms with van der Waals surface area (Å²) >= 11 is 0. The highest BCUT2D eigenvalue weighted by atomic mass is 16.2. The van der Waals surface area contributed by atoms with Crippen LogP contribution in [0.2, 0.25) is 0 Å². The van der Waals surface area contributed by atoms with E-state index in [0.717, 1.165) is 10.9 Å². The fraction of sp³-hybridized carbons (Fsp3) is 0.211. The SMILES string of the molecule is CC(c1ccccc1)N(C)C(=O)Cn1ncc2ccccc2c1=O. The van der Waals surface area contributed by atoms with Crippen molar-refractivity contribution in [2.45, 2.75) is 19.5 Å². The van der Waals surface area contributed by atoms with Crippen LogP contribution < -0.4 is 5.56 Å². The standard InChI is InChI=1S/C19H19N3O2/c1-14(15-8-4-3-5-9-15)21(2)18(23)13-22-19(24)17-11-7-6-10-16(17)12-20-22/h3-12,14H,13H2,1-2H3. The number of aromatic nitrogens is 2. The first-order valence-electron chi connectivity index (χ1n) is 7.83. The number of carbonyl (C=O) groups is 1. The fourth-order valence-electron chi connectivity index (χ4n) is 2.65. The molecule has 1 amide bonds. The minimum atomic E-state index is -0.248. The van der Waals surface area contributed by atoms with E-state index in [4.69, 9.17) is 0 Å². The summed E-state index contributed by atoms with van der Waals surface area (Å²) in [6.07, 6.45) is 1.62. The van der Waals surface area contributed by atoms with Crippen LogP contribution in [0.5, 0.6) is 0 Å². The van der Waals surface area contributed by atoms with E-state index in [1.165, 1.54) is 4.68 Å². The maximum absolute atomic E-state index is 12.5. The van der Waals surface area contributed by atoms with Crippen LogP contribution in [0.3, 0.4) is 0 Å². The normalized spacial score (nSPS) is 12.1. The van der Waals surface area contributed by atoms with Crippen LogP contribution in [-0.4, -0.2) is 27.6 Å². The zero-order valence-corrected chi connectivity index (χ0v) is 13.7. The summed E-state index contributed by atoms with van der Waals surface area (Å²) in [5.74, 6) is -0.156. The second-order valence-electron chi connectivity index (χ2n) is 5.79. The van der Waals surface area contributed by atoms with Gasteiger partial charge in [0.2, 0.25) is 5.91 Å². The number of hydrogen-bond acceptors (Lipinski definition) is 3. The molecule has 0 bridgehead atoms. The van der Waals surface area contributed by atoms with E-state index in [0.29, 0.717) is 5.39 Å². The number of fused-ring (bicyclic) bond motifs is 1. The Labute approximate surface area is 140 Å². The Hall–Kier alpha value is -2.95. The van der Waals surface area contributed by atoms with Gasteiger partial charge in [0.05, 0.1) is 17.6 Å². The summed E-state index contributed by atoms with van der Waals surface area (Å²) in [6, 6.07) is 17.0. The second-order valence-corrected chi connectivity index (χ2v) is 5.79. The lowest BCUT2D eigenvalue weighted by atomic mass is 10.1. The lowest BCUT2D eigenvalue weighted by Crippen LogP contribution is -2.36. The Kier molecular flexibility index (Phi) is 4.42. The Morgan fingerprint density at radius 2 is 1.79 bits per heavy atom. The summed E-state index contributed by atoms with van der Waals surface area (Å²) in [7, 11) is 1.74. The summed E-state index contributed by atoms with van der Waals surface area (Å²) in [4.78, 5) is 26.6. The second kappa shape index (κ2) is 6.66. The van der Waals surface area contributed by atoms with E-state index in [1.807, 2.05) is 49.4 Å². The monoisotopic (exact) mass is 321 g/mol. The molecule has 0 N–H and O–H groups in total. The van der Waals surface area contributed by atoms with Gasteiger partial charge < -0.3 is 4.90 Å². The molecule has 0 aliphatic carbocycles. The molecule has 0 radical (unpaired) electrons. The van der Waals surface area contributed by atoms with Crippen LogP contribution in [0.4, 0.5) is 0 Å². The Morgan fingerprint density at radius 1 is 1.12 bits per heavy atom. The smallest absolute Gasteiger partial charge is 0.275 e. The first kappa shape index (κ1) is 15.9. The topological polar surface area (TPSA) is 55.2 Å². The van der Waals surface area contributed by atoms with Crippen molar-refractivity contribution >= 4 is 16.7 Å². The van der Waals surface area contributed by atoms with Gasteiger partial charge in [-0.05, 0) is 18.6 Å². The molecule has 0 spiro atoms. The van der Waals surface area contributed by atoms with E-state index in [-0.39, 0.29) is 24.1 Å². The van der Waals surface area contributed by atoms with Crippen molar-refractivity contribution in [1.82, 2.24) is 14.7 Å². The van der Waals surface area contributed by atoms with Crippen LogP contribution in [0.1, 0.15) is 18.5 Å². The minimum Gasteiger partial charge on any atom is -0.337 e. The first-order chi connectivity index (χ1) is 11.6. The van der Waals surface area contributed by atoms with E-state index >= 15 is 0 Å². The average Bonchev–Trinajstić information content (AvgIpc) is 2.63. The van der Waals surface area contributed by atoms with E-state index in [2.05, 4.69) is 5.10 Å². The van der Waals surface area contributed by atoms with Crippen LogP contribution >= 0.6 is 0 Å². The van der Waals surface area contributed by atoms with Gasteiger partial charge in [0.1, 0.15) is 6.54 Å². The van der Waals surface area contributed by atoms with Crippen LogP contribution in [-0.2, 0) is 11.3 Å². The van der Waals surface area contributed by atoms with Gasteiger partial charge in [-0.2, -0.15) is 5.10 Å². The van der Waals surface area contributed by atoms with Gasteiger partial charge in [-0.3, -0.25) is 9.59 Å². The molecule has 0 aliphatic heterocycles. The molecular formula is C19H19N3O2. The van der Waals surface area contributed by atoms with Crippen molar-refractivity contribution in [3.63, 3.8) is 0 Å². The van der Waals surface area contributed by atoms with Gasteiger partial charge in [0.15, 0.2) is 0 Å². The molecule has 122 valence electrons. The van der Waals surface area contributed by atoms with Gasteiger partial charge in [0, 0.05) is 12.4 Å². The van der Waals surface area contributed by atoms with Crippen molar-refractivity contribution in [3.05, 3.63) is 76.7 Å². The number of benzene rings is 2. The van der Waals surface area contributed by atoms with E-state index < -0.39 is 0 Å². The maximum atomic E-state index is 12.5. The Morgan fingerprint density at radius 3 is 2.54 bits per heavy atom. The number of amides is 1. The molecule has 24 heavy (non-hydrogen) atoms. The summed E-state index contributed by atoms with van der Waals surface area (Å²) in [5, 5.41) is 5.46. The molecule has 1 atom stereocenters. The third-order valence-corrected chi connectivity index (χ3v) is 4.30. The number of carbonyl (C=O) groups excluding carboxylic acids is 1. The maximum Gasteiger partial charge on any atom is 0.275 e. The number of rotatable bonds is 4. The number of hydrogen-bond donors (Lipinski definition) is 0. The van der Waals surface area contributed by atoms with Crippen LogP contribution in [0.25, 0.3) is 10.8 Å². The third-order valence-electron chi connectivity index (χ3n) is 4.30. The van der Waals surface area contributed by atoms with Crippen molar-refractivity contribution in [3.8, 4) is 0 Å². The lowest BCUT2D eigenvalue weighted by Gasteiger charge is -2.25. The van der Waals surface area contributed by atoms with Gasteiger partial charge in [-0.1, -0.05) is 48.5 Å². The van der Waals surface area contributed by atoms with Crippen molar-refractivity contribution in [2.24, 2.45) is 0 Å². The van der Waals surface area contributed by atoms with Crippen molar-refractivity contribution < 1.29 is 4.79 Å². The minimum absolute atomic E-state index is 0.0721. The molecule has 1 unspecified atom stereocenters. The molecule has 0 saturated carbocycles. The van der Waals surface area contributed by atoms with Crippen molar-refractivity contribution in [1.29, 1.82) is 0 Å². The molecule has 1 aromatic heterocycles. The molecule has 3 aromatic rings. The first-order valence-corrected chi connectivity index (χ1v) is 7.83. The zero-order valence-electron chi connectivity index (χ0n) is 13.7. The molecule has 2 aromatic carbocycles. The highest BCUT2D eigenvalue weighted by molar-refractivity contribution is 5.81. The van der Waals surface area contributed by atoms with Gasteiger partial charge in [0.25, 0.3) is 5.56 Å². The van der Waals surface area contributed by atoms with Crippen LogP contribution in [0, 0.1) is 0 Å². The Balaban J connectivity index is 1.82. The van der Waals surface area contributed by atoms with Gasteiger partial charge in [-0.15, -0.1) is 0 Å². The predicted molar refractivity (Wildman–Crippen MR) is 93.6 cm³/mol. The molecule has 5 nitrogen and oxygen atoms in total. The summed E-state index contributed by atoms with van der Waals surface area (Å²) in [5.41, 5.74) is 0.800. The number of likely N-dealkylation sites (N-methyl/N-ethyl adjacent to an activating group) is 1. The van der Waals surface area contributed by atoms with Crippen molar-refractivity contribution in [2.75, 3.05) is 7.05 Å². The fourth-order valence-corrected chi connectivity index (χ4v) is 2.65. The predicted octanol–water partition coefficient (Wildman–Crippen LogP) is 2.62. The van der Waals surface area contributed by atoms with E-state index in [1.54, 1.807) is 30.3 Å². The highest BCUT2D eigenvalue weighted by Gasteiger charge is 2.18. The summed E-state index contributed by atoms with van der Waals surface area (Å²) in [6.45, 7) is 1.89. The highest BCUT2D eigenvalue weighted by Crippen LogP contribution is 2.18. The molecule has 0 aliphatic rings. The van der Waals surface area contributed by atoms with Gasteiger partial charge >= 0.3 is 0 Å². The largest absolute Gasteiger partial charge is 0.337 e. The molecular weight excluding hydrogens is 302 g/mol. The summed E-state index contributed by atoms with van der Waals surface area (Å²) < 4.78 is 1.22. The molecule has 5 heteroatoms.